The van der Waals surface area contributed by atoms with Gasteiger partial charge < -0.3 is 15.0 Å². The number of carbonyl (C=O) groups is 1. The van der Waals surface area contributed by atoms with Gasteiger partial charge in [0.25, 0.3) is 0 Å². The van der Waals surface area contributed by atoms with Gasteiger partial charge in [0.15, 0.2) is 0 Å². The predicted octanol–water partition coefficient (Wildman–Crippen LogP) is 1.55. The molecular weight excluding hydrogens is 259 g/mol. The normalized spacial score (nSPS) is 18.8. The van der Waals surface area contributed by atoms with Crippen LogP contribution in [0.1, 0.15) is 18.9 Å². The van der Waals surface area contributed by atoms with Gasteiger partial charge in [-0.25, -0.2) is 4.39 Å². The lowest BCUT2D eigenvalue weighted by Crippen LogP contribution is -2.42. The molecule has 5 heteroatoms. The molecule has 1 fully saturated rings. The number of carbonyl (C=O) groups excluding carboxylic acids is 1. The van der Waals surface area contributed by atoms with Crippen molar-refractivity contribution in [1.29, 1.82) is 0 Å². The third kappa shape index (κ3) is 4.28. The summed E-state index contributed by atoms with van der Waals surface area (Å²) in [5.41, 5.74) is 0.808. The molecule has 1 aliphatic heterocycles. The average molecular weight is 280 g/mol. The molecule has 1 unspecified atom stereocenters. The van der Waals surface area contributed by atoms with Crippen molar-refractivity contribution in [3.8, 4) is 0 Å². The quantitative estimate of drug-likeness (QED) is 0.890. The molecule has 1 amide bonds. The van der Waals surface area contributed by atoms with Gasteiger partial charge in [-0.3, -0.25) is 4.79 Å². The number of rotatable bonds is 5. The predicted molar refractivity (Wildman–Crippen MR) is 74.7 cm³/mol. The Balaban J connectivity index is 1.91. The summed E-state index contributed by atoms with van der Waals surface area (Å²) in [6, 6.07) is 6.37. The lowest BCUT2D eigenvalue weighted by molar-refractivity contribution is -0.135. The highest BCUT2D eigenvalue weighted by Gasteiger charge is 2.20. The average Bonchev–Trinajstić information content (AvgIpc) is 2.46. The Morgan fingerprint density at radius 2 is 2.40 bits per heavy atom. The molecule has 110 valence electrons. The molecule has 1 N–H and O–H groups in total. The van der Waals surface area contributed by atoms with Crippen LogP contribution >= 0.6 is 0 Å². The molecule has 2 rings (SSSR count). The zero-order valence-electron chi connectivity index (χ0n) is 11.8. The van der Waals surface area contributed by atoms with Crippen molar-refractivity contribution < 1.29 is 13.9 Å². The van der Waals surface area contributed by atoms with E-state index < -0.39 is 0 Å². The van der Waals surface area contributed by atoms with Crippen LogP contribution in [0.5, 0.6) is 0 Å². The summed E-state index contributed by atoms with van der Waals surface area (Å²) in [4.78, 5) is 14.0. The molecule has 1 saturated heterocycles. The first-order valence-electron chi connectivity index (χ1n) is 7.03. The van der Waals surface area contributed by atoms with E-state index >= 15 is 0 Å². The van der Waals surface area contributed by atoms with Crippen LogP contribution in [0.2, 0.25) is 0 Å². The largest absolute Gasteiger partial charge is 0.375 e. The lowest BCUT2D eigenvalue weighted by Gasteiger charge is -2.27. The Morgan fingerprint density at radius 3 is 3.05 bits per heavy atom. The number of morpholine rings is 1. The fraction of sp³-hybridized carbons (Fsp3) is 0.533. The van der Waals surface area contributed by atoms with Crippen LogP contribution in [-0.2, 0) is 16.1 Å². The molecule has 1 aliphatic rings. The van der Waals surface area contributed by atoms with Gasteiger partial charge in [0.05, 0.1) is 19.1 Å². The second-order valence-electron chi connectivity index (χ2n) is 4.94. The van der Waals surface area contributed by atoms with Crippen molar-refractivity contribution in [3.63, 3.8) is 0 Å². The van der Waals surface area contributed by atoms with E-state index in [-0.39, 0.29) is 17.8 Å². The van der Waals surface area contributed by atoms with E-state index in [1.165, 1.54) is 12.1 Å². The Kier molecular flexibility index (Phi) is 5.49. The van der Waals surface area contributed by atoms with Gasteiger partial charge >= 0.3 is 0 Å². The summed E-state index contributed by atoms with van der Waals surface area (Å²) in [5.74, 6) is -0.226. The maximum Gasteiger partial charge on any atom is 0.225 e. The third-order valence-corrected chi connectivity index (χ3v) is 3.40. The molecule has 0 spiro atoms. The minimum atomic E-state index is -0.272. The second kappa shape index (κ2) is 7.36. The molecule has 1 heterocycles. The molecule has 1 aromatic carbocycles. The molecule has 1 atom stereocenters. The van der Waals surface area contributed by atoms with Crippen molar-refractivity contribution in [1.82, 2.24) is 10.2 Å². The Bertz CT molecular complexity index is 447. The molecule has 1 aromatic rings. The van der Waals surface area contributed by atoms with Crippen molar-refractivity contribution in [2.24, 2.45) is 0 Å². The highest BCUT2D eigenvalue weighted by molar-refractivity contribution is 5.76. The fourth-order valence-electron chi connectivity index (χ4n) is 2.31. The van der Waals surface area contributed by atoms with E-state index in [0.29, 0.717) is 32.7 Å². The minimum Gasteiger partial charge on any atom is -0.375 e. The van der Waals surface area contributed by atoms with Crippen LogP contribution in [0.3, 0.4) is 0 Å². The summed E-state index contributed by atoms with van der Waals surface area (Å²) in [6.45, 7) is 5.17. The first-order chi connectivity index (χ1) is 9.69. The van der Waals surface area contributed by atoms with Gasteiger partial charge in [0.2, 0.25) is 5.91 Å². The SMILES string of the molecule is CCN(Cc1cccc(F)c1)C(=O)CC1CNCCO1. The fourth-order valence-corrected chi connectivity index (χ4v) is 2.31. The number of ether oxygens (including phenoxy) is 1. The zero-order valence-corrected chi connectivity index (χ0v) is 11.8. The standard InChI is InChI=1S/C15H21FN2O2/c1-2-18(11-12-4-3-5-13(16)8-12)15(19)9-14-10-17-6-7-20-14/h3-5,8,14,17H,2,6-7,9-11H2,1H3. The summed E-state index contributed by atoms with van der Waals surface area (Å²) in [5, 5.41) is 3.21. The maximum atomic E-state index is 13.2. The summed E-state index contributed by atoms with van der Waals surface area (Å²) in [6.07, 6.45) is 0.314. The topological polar surface area (TPSA) is 41.6 Å². The van der Waals surface area contributed by atoms with Crippen molar-refractivity contribution >= 4 is 5.91 Å². The smallest absolute Gasteiger partial charge is 0.225 e. The summed E-state index contributed by atoms with van der Waals surface area (Å²) < 4.78 is 18.7. The van der Waals surface area contributed by atoms with Crippen LogP contribution in [0.25, 0.3) is 0 Å². The first-order valence-corrected chi connectivity index (χ1v) is 7.03. The molecule has 4 nitrogen and oxygen atoms in total. The Morgan fingerprint density at radius 1 is 1.55 bits per heavy atom. The molecule has 0 aliphatic carbocycles. The molecule has 20 heavy (non-hydrogen) atoms. The highest BCUT2D eigenvalue weighted by atomic mass is 19.1. The first kappa shape index (κ1) is 14.9. The minimum absolute atomic E-state index is 0.0467. The number of nitrogens with one attached hydrogen (secondary N) is 1. The number of hydrogen-bond acceptors (Lipinski definition) is 3. The van der Waals surface area contributed by atoms with Crippen molar-refractivity contribution in [2.75, 3.05) is 26.2 Å². The van der Waals surface area contributed by atoms with Gasteiger partial charge in [0, 0.05) is 26.2 Å². The van der Waals surface area contributed by atoms with Gasteiger partial charge in [-0.1, -0.05) is 12.1 Å². The molecule has 0 bridgehead atoms. The van der Waals surface area contributed by atoms with E-state index in [1.54, 1.807) is 11.0 Å². The second-order valence-corrected chi connectivity index (χ2v) is 4.94. The van der Waals surface area contributed by atoms with Crippen LogP contribution < -0.4 is 5.32 Å². The number of benzene rings is 1. The van der Waals surface area contributed by atoms with Gasteiger partial charge in [-0.05, 0) is 24.6 Å². The van der Waals surface area contributed by atoms with E-state index in [2.05, 4.69) is 5.32 Å². The lowest BCUT2D eigenvalue weighted by atomic mass is 10.1. The van der Waals surface area contributed by atoms with Crippen molar-refractivity contribution in [3.05, 3.63) is 35.6 Å². The van der Waals surface area contributed by atoms with Gasteiger partial charge in [0.1, 0.15) is 5.82 Å². The van der Waals surface area contributed by atoms with Crippen LogP contribution in [0, 0.1) is 5.82 Å². The number of nitrogens with zero attached hydrogens (tertiary/aromatic N) is 1. The van der Waals surface area contributed by atoms with Crippen LogP contribution in [0.15, 0.2) is 24.3 Å². The maximum absolute atomic E-state index is 13.2. The van der Waals surface area contributed by atoms with E-state index in [9.17, 15) is 9.18 Å². The van der Waals surface area contributed by atoms with Crippen molar-refractivity contribution in [2.45, 2.75) is 26.0 Å². The molecular formula is C15H21FN2O2. The van der Waals surface area contributed by atoms with Gasteiger partial charge in [-0.15, -0.1) is 0 Å². The van der Waals surface area contributed by atoms with E-state index in [1.807, 2.05) is 13.0 Å². The monoisotopic (exact) mass is 280 g/mol. The zero-order chi connectivity index (χ0) is 14.4. The number of halogens is 1. The molecule has 0 aromatic heterocycles. The summed E-state index contributed by atoms with van der Waals surface area (Å²) in [7, 11) is 0. The van der Waals surface area contributed by atoms with Crippen LogP contribution in [-0.4, -0.2) is 43.2 Å². The Labute approximate surface area is 118 Å². The molecule has 0 saturated carbocycles. The van der Waals surface area contributed by atoms with Crippen LogP contribution in [0.4, 0.5) is 4.39 Å². The van der Waals surface area contributed by atoms with E-state index in [0.717, 1.165) is 12.1 Å². The number of hydrogen-bond donors (Lipinski definition) is 1. The Hall–Kier alpha value is -1.46. The summed E-state index contributed by atoms with van der Waals surface area (Å²) >= 11 is 0. The molecule has 0 radical (unpaired) electrons. The third-order valence-electron chi connectivity index (χ3n) is 3.40. The highest BCUT2D eigenvalue weighted by Crippen LogP contribution is 2.10. The van der Waals surface area contributed by atoms with E-state index in [4.69, 9.17) is 4.74 Å². The van der Waals surface area contributed by atoms with Gasteiger partial charge in [-0.2, -0.15) is 0 Å². The number of amides is 1.